The Morgan fingerprint density at radius 1 is 1.00 bits per heavy atom. The Kier molecular flexibility index (Phi) is 3.06. The van der Waals surface area contributed by atoms with Gasteiger partial charge in [0.1, 0.15) is 5.69 Å². The summed E-state index contributed by atoms with van der Waals surface area (Å²) in [7, 11) is 3.01. The Balaban J connectivity index is 2.07. The van der Waals surface area contributed by atoms with E-state index in [1.54, 1.807) is 30.3 Å². The summed E-state index contributed by atoms with van der Waals surface area (Å²) in [5, 5.41) is 0. The summed E-state index contributed by atoms with van der Waals surface area (Å²) in [5.41, 5.74) is 0.884. The number of fused-ring (bicyclic) bond motifs is 1. The first-order valence-corrected chi connectivity index (χ1v) is 6.23. The fourth-order valence-corrected chi connectivity index (χ4v) is 2.27. The third-order valence-electron chi connectivity index (χ3n) is 3.27. The summed E-state index contributed by atoms with van der Waals surface area (Å²) in [6.07, 6.45) is 1.49. The number of hydrogen-bond donors (Lipinski definition) is 0. The number of methoxy groups -OCH3 is 2. The fourth-order valence-electron chi connectivity index (χ4n) is 2.27. The van der Waals surface area contributed by atoms with Gasteiger partial charge in [-0.2, -0.15) is 0 Å². The van der Waals surface area contributed by atoms with Crippen molar-refractivity contribution in [2.45, 2.75) is 0 Å². The number of anilines is 1. The number of hydrogen-bond acceptors (Lipinski definition) is 5. The number of imide groups is 1. The molecule has 0 bridgehead atoms. The summed E-state index contributed by atoms with van der Waals surface area (Å²) in [5.74, 6) is 0.133. The number of carbonyl (C=O) groups is 2. The van der Waals surface area contributed by atoms with Crippen LogP contribution in [-0.2, 0) is 0 Å². The van der Waals surface area contributed by atoms with Gasteiger partial charge in [-0.25, -0.2) is 4.90 Å². The largest absolute Gasteiger partial charge is 0.493 e. The van der Waals surface area contributed by atoms with E-state index in [9.17, 15) is 9.59 Å². The van der Waals surface area contributed by atoms with E-state index in [-0.39, 0.29) is 5.69 Å². The molecule has 0 spiro atoms. The Labute approximate surface area is 120 Å². The lowest BCUT2D eigenvalue weighted by atomic mass is 10.2. The van der Waals surface area contributed by atoms with Gasteiger partial charge < -0.3 is 9.47 Å². The molecule has 0 saturated heterocycles. The predicted molar refractivity (Wildman–Crippen MR) is 74.9 cm³/mol. The normalized spacial score (nSPS) is 13.3. The van der Waals surface area contributed by atoms with Gasteiger partial charge in [0.2, 0.25) is 0 Å². The number of ether oxygens (including phenoxy) is 2. The summed E-state index contributed by atoms with van der Waals surface area (Å²) < 4.78 is 10.3. The van der Waals surface area contributed by atoms with Crippen LogP contribution >= 0.6 is 0 Å². The van der Waals surface area contributed by atoms with Crippen LogP contribution in [-0.4, -0.2) is 31.0 Å². The van der Waals surface area contributed by atoms with Gasteiger partial charge in [0, 0.05) is 12.3 Å². The zero-order chi connectivity index (χ0) is 15.0. The Bertz CT molecular complexity index is 707. The maximum atomic E-state index is 12.4. The zero-order valence-corrected chi connectivity index (χ0v) is 11.5. The third kappa shape index (κ3) is 1.92. The van der Waals surface area contributed by atoms with Gasteiger partial charge in [-0.05, 0) is 24.3 Å². The summed E-state index contributed by atoms with van der Waals surface area (Å²) >= 11 is 0. The maximum absolute atomic E-state index is 12.4. The van der Waals surface area contributed by atoms with E-state index in [0.29, 0.717) is 22.7 Å². The molecular formula is C15H12N2O4. The number of aromatic nitrogens is 1. The van der Waals surface area contributed by atoms with E-state index in [1.807, 2.05) is 0 Å². The zero-order valence-electron chi connectivity index (χ0n) is 11.5. The van der Waals surface area contributed by atoms with Gasteiger partial charge in [-0.1, -0.05) is 0 Å². The minimum absolute atomic E-state index is 0.164. The molecule has 0 atom stereocenters. The molecular weight excluding hydrogens is 272 g/mol. The summed E-state index contributed by atoms with van der Waals surface area (Å²) in [6.45, 7) is 0. The number of benzene rings is 1. The van der Waals surface area contributed by atoms with Crippen molar-refractivity contribution < 1.29 is 19.1 Å². The van der Waals surface area contributed by atoms with Crippen LogP contribution in [0.2, 0.25) is 0 Å². The average molecular weight is 284 g/mol. The van der Waals surface area contributed by atoms with Crippen molar-refractivity contribution in [3.05, 3.63) is 47.8 Å². The highest BCUT2D eigenvalue weighted by Crippen LogP contribution is 2.34. The van der Waals surface area contributed by atoms with Gasteiger partial charge in [-0.3, -0.25) is 14.6 Å². The quantitative estimate of drug-likeness (QED) is 0.805. The van der Waals surface area contributed by atoms with Gasteiger partial charge in [0.25, 0.3) is 11.8 Å². The van der Waals surface area contributed by atoms with Crippen LogP contribution in [0.5, 0.6) is 11.5 Å². The van der Waals surface area contributed by atoms with E-state index in [2.05, 4.69) is 4.98 Å². The predicted octanol–water partition coefficient (Wildman–Crippen LogP) is 1.90. The molecule has 6 nitrogen and oxygen atoms in total. The monoisotopic (exact) mass is 284 g/mol. The lowest BCUT2D eigenvalue weighted by molar-refractivity contribution is 0.0924. The molecule has 0 radical (unpaired) electrons. The van der Waals surface area contributed by atoms with Crippen LogP contribution in [0.1, 0.15) is 20.8 Å². The molecule has 0 saturated carbocycles. The Hall–Kier alpha value is -2.89. The Morgan fingerprint density at radius 2 is 1.76 bits per heavy atom. The van der Waals surface area contributed by atoms with E-state index < -0.39 is 11.8 Å². The fraction of sp³-hybridized carbons (Fsp3) is 0.133. The molecule has 106 valence electrons. The Morgan fingerprint density at radius 3 is 2.43 bits per heavy atom. The van der Waals surface area contributed by atoms with Crippen LogP contribution in [0.4, 0.5) is 5.69 Å². The highest BCUT2D eigenvalue weighted by molar-refractivity contribution is 6.33. The van der Waals surface area contributed by atoms with Gasteiger partial charge in [-0.15, -0.1) is 0 Å². The lowest BCUT2D eigenvalue weighted by Gasteiger charge is -2.16. The van der Waals surface area contributed by atoms with Gasteiger partial charge >= 0.3 is 0 Å². The molecule has 21 heavy (non-hydrogen) atoms. The van der Waals surface area contributed by atoms with Gasteiger partial charge in [0.15, 0.2) is 11.5 Å². The first-order chi connectivity index (χ1) is 10.2. The molecule has 1 aromatic carbocycles. The topological polar surface area (TPSA) is 68.7 Å². The maximum Gasteiger partial charge on any atom is 0.284 e. The van der Waals surface area contributed by atoms with Crippen LogP contribution < -0.4 is 14.4 Å². The number of amides is 2. The minimum atomic E-state index is -0.442. The van der Waals surface area contributed by atoms with E-state index in [1.165, 1.54) is 20.4 Å². The molecule has 3 rings (SSSR count). The molecule has 6 heteroatoms. The molecule has 1 aliphatic heterocycles. The van der Waals surface area contributed by atoms with E-state index in [0.717, 1.165) is 4.90 Å². The van der Waals surface area contributed by atoms with Crippen LogP contribution in [0.25, 0.3) is 0 Å². The average Bonchev–Trinajstić information content (AvgIpc) is 2.78. The molecule has 2 aromatic rings. The van der Waals surface area contributed by atoms with Crippen molar-refractivity contribution in [2.75, 3.05) is 19.1 Å². The van der Waals surface area contributed by atoms with Gasteiger partial charge in [0.05, 0.1) is 25.5 Å². The second-order valence-corrected chi connectivity index (χ2v) is 4.38. The highest BCUT2D eigenvalue weighted by Gasteiger charge is 2.38. The van der Waals surface area contributed by atoms with Crippen molar-refractivity contribution in [3.8, 4) is 11.5 Å². The molecule has 0 fully saturated rings. The molecule has 0 unspecified atom stereocenters. The molecule has 1 aliphatic rings. The molecule has 2 heterocycles. The van der Waals surface area contributed by atoms with Crippen molar-refractivity contribution in [3.63, 3.8) is 0 Å². The lowest BCUT2D eigenvalue weighted by Crippen LogP contribution is -2.29. The number of pyridine rings is 1. The number of nitrogens with zero attached hydrogens (tertiary/aromatic N) is 2. The number of rotatable bonds is 3. The van der Waals surface area contributed by atoms with E-state index >= 15 is 0 Å². The molecule has 2 amide bonds. The van der Waals surface area contributed by atoms with E-state index in [4.69, 9.17) is 9.47 Å². The minimum Gasteiger partial charge on any atom is -0.493 e. The molecule has 0 N–H and O–H groups in total. The molecule has 0 aliphatic carbocycles. The number of carbonyl (C=O) groups excluding carboxylic acids is 2. The van der Waals surface area contributed by atoms with Crippen molar-refractivity contribution in [1.82, 2.24) is 4.98 Å². The second kappa shape index (κ2) is 4.90. The SMILES string of the molecule is COc1ccc(N2C(=O)c3cccnc3C2=O)cc1OC. The summed E-state index contributed by atoms with van der Waals surface area (Å²) in [4.78, 5) is 29.7. The molecule has 1 aromatic heterocycles. The first kappa shape index (κ1) is 13.1. The van der Waals surface area contributed by atoms with Crippen LogP contribution in [0.3, 0.4) is 0 Å². The highest BCUT2D eigenvalue weighted by atomic mass is 16.5. The summed E-state index contributed by atoms with van der Waals surface area (Å²) in [6, 6.07) is 8.07. The smallest absolute Gasteiger partial charge is 0.284 e. The van der Waals surface area contributed by atoms with Crippen molar-refractivity contribution in [2.24, 2.45) is 0 Å². The third-order valence-corrected chi connectivity index (χ3v) is 3.27. The first-order valence-electron chi connectivity index (χ1n) is 6.23. The van der Waals surface area contributed by atoms with Crippen LogP contribution in [0.15, 0.2) is 36.5 Å². The second-order valence-electron chi connectivity index (χ2n) is 4.38. The van der Waals surface area contributed by atoms with Crippen LogP contribution in [0, 0.1) is 0 Å². The standard InChI is InChI=1S/C15H12N2O4/c1-20-11-6-5-9(8-12(11)21-2)17-14(18)10-4-3-7-16-13(10)15(17)19/h3-8H,1-2H3. The van der Waals surface area contributed by atoms with Crippen molar-refractivity contribution in [1.29, 1.82) is 0 Å². The van der Waals surface area contributed by atoms with Crippen molar-refractivity contribution >= 4 is 17.5 Å².